The van der Waals surface area contributed by atoms with E-state index in [1.165, 1.54) is 36.6 Å². The Morgan fingerprint density at radius 1 is 1.17 bits per heavy atom. The summed E-state index contributed by atoms with van der Waals surface area (Å²) in [6, 6.07) is 11.7. The number of hydrogen-bond donors (Lipinski definition) is 0. The summed E-state index contributed by atoms with van der Waals surface area (Å²) in [5.74, 6) is 0.251. The maximum absolute atomic E-state index is 12.2. The standard InChI is InChI=1S/C20H18N2O6S/c1-13-3-5-15(6-4-13)27-11-19-21-14(12-29-19)9-20(23)28-18-8-7-16(26-2)10-17(18)22(24)25/h3-8,10,12H,9,11H2,1-2H3. The number of carbonyl (C=O) groups is 1. The minimum atomic E-state index is -0.644. The van der Waals surface area contributed by atoms with Crippen LogP contribution in [0, 0.1) is 17.0 Å². The van der Waals surface area contributed by atoms with E-state index in [4.69, 9.17) is 14.2 Å². The molecule has 0 saturated carbocycles. The van der Waals surface area contributed by atoms with Crippen LogP contribution in [-0.2, 0) is 17.8 Å². The Morgan fingerprint density at radius 2 is 1.90 bits per heavy atom. The van der Waals surface area contributed by atoms with E-state index in [0.29, 0.717) is 16.5 Å². The zero-order valence-electron chi connectivity index (χ0n) is 15.8. The summed E-state index contributed by atoms with van der Waals surface area (Å²) < 4.78 is 15.8. The van der Waals surface area contributed by atoms with Gasteiger partial charge in [0.25, 0.3) is 0 Å². The zero-order valence-corrected chi connectivity index (χ0v) is 16.6. The SMILES string of the molecule is COc1ccc(OC(=O)Cc2csc(COc3ccc(C)cc3)n2)c([N+](=O)[O-])c1. The Labute approximate surface area is 170 Å². The number of aryl methyl sites for hydroxylation is 1. The molecule has 0 radical (unpaired) electrons. The number of esters is 1. The van der Waals surface area contributed by atoms with Crippen molar-refractivity contribution >= 4 is 23.0 Å². The number of thiazole rings is 1. The third-order valence-electron chi connectivity index (χ3n) is 3.89. The maximum Gasteiger partial charge on any atom is 0.317 e. The molecule has 1 heterocycles. The Bertz CT molecular complexity index is 1020. The van der Waals surface area contributed by atoms with Crippen LogP contribution >= 0.6 is 11.3 Å². The molecule has 0 N–H and O–H groups in total. The molecule has 0 aliphatic rings. The smallest absolute Gasteiger partial charge is 0.317 e. The first-order valence-corrected chi connectivity index (χ1v) is 9.48. The van der Waals surface area contributed by atoms with Crippen molar-refractivity contribution in [1.29, 1.82) is 0 Å². The van der Waals surface area contributed by atoms with Gasteiger partial charge in [0.1, 0.15) is 23.1 Å². The fourth-order valence-corrected chi connectivity index (χ4v) is 3.14. The van der Waals surface area contributed by atoms with Crippen LogP contribution in [0.1, 0.15) is 16.3 Å². The van der Waals surface area contributed by atoms with Crippen molar-refractivity contribution in [3.63, 3.8) is 0 Å². The second kappa shape index (κ2) is 9.16. The molecule has 0 fully saturated rings. The highest BCUT2D eigenvalue weighted by atomic mass is 32.1. The van der Waals surface area contributed by atoms with Crippen molar-refractivity contribution < 1.29 is 23.9 Å². The summed E-state index contributed by atoms with van der Waals surface area (Å²) in [5, 5.41) is 13.6. The molecule has 3 rings (SSSR count). The molecule has 0 aliphatic carbocycles. The van der Waals surface area contributed by atoms with Gasteiger partial charge in [0.2, 0.25) is 5.75 Å². The van der Waals surface area contributed by atoms with Gasteiger partial charge in [-0.1, -0.05) is 17.7 Å². The number of rotatable bonds is 8. The van der Waals surface area contributed by atoms with Gasteiger partial charge in [-0.2, -0.15) is 0 Å². The van der Waals surface area contributed by atoms with Crippen molar-refractivity contribution in [2.75, 3.05) is 7.11 Å². The fourth-order valence-electron chi connectivity index (χ4n) is 2.44. The maximum atomic E-state index is 12.2. The zero-order chi connectivity index (χ0) is 20.8. The molecule has 0 saturated heterocycles. The third-order valence-corrected chi connectivity index (χ3v) is 4.77. The van der Waals surface area contributed by atoms with E-state index in [1.807, 2.05) is 31.2 Å². The van der Waals surface area contributed by atoms with E-state index < -0.39 is 10.9 Å². The Kier molecular flexibility index (Phi) is 6.40. The van der Waals surface area contributed by atoms with Gasteiger partial charge >= 0.3 is 11.7 Å². The highest BCUT2D eigenvalue weighted by molar-refractivity contribution is 7.09. The predicted molar refractivity (Wildman–Crippen MR) is 107 cm³/mol. The van der Waals surface area contributed by atoms with Crippen LogP contribution in [0.15, 0.2) is 47.8 Å². The van der Waals surface area contributed by atoms with E-state index in [0.717, 1.165) is 11.3 Å². The van der Waals surface area contributed by atoms with Gasteiger partial charge in [-0.05, 0) is 31.2 Å². The number of nitro groups is 1. The number of aromatic nitrogens is 1. The first-order valence-electron chi connectivity index (χ1n) is 8.60. The highest BCUT2D eigenvalue weighted by Crippen LogP contribution is 2.31. The molecule has 8 nitrogen and oxygen atoms in total. The molecule has 9 heteroatoms. The Morgan fingerprint density at radius 3 is 2.59 bits per heavy atom. The fraction of sp³-hybridized carbons (Fsp3) is 0.200. The molecule has 0 unspecified atom stereocenters. The molecule has 150 valence electrons. The number of benzene rings is 2. The second-order valence-corrected chi connectivity index (χ2v) is 7.02. The van der Waals surface area contributed by atoms with Crippen LogP contribution in [0.5, 0.6) is 17.2 Å². The van der Waals surface area contributed by atoms with Gasteiger partial charge in [0.05, 0.1) is 30.2 Å². The quantitative estimate of drug-likeness (QED) is 0.237. The lowest BCUT2D eigenvalue weighted by molar-refractivity contribution is -0.385. The average molecular weight is 414 g/mol. The largest absolute Gasteiger partial charge is 0.496 e. The van der Waals surface area contributed by atoms with Crippen molar-refractivity contribution in [3.8, 4) is 17.2 Å². The van der Waals surface area contributed by atoms with Crippen molar-refractivity contribution in [2.45, 2.75) is 20.0 Å². The van der Waals surface area contributed by atoms with Crippen molar-refractivity contribution in [3.05, 3.63) is 74.2 Å². The van der Waals surface area contributed by atoms with E-state index in [-0.39, 0.29) is 24.5 Å². The molecule has 2 aromatic carbocycles. The van der Waals surface area contributed by atoms with E-state index >= 15 is 0 Å². The van der Waals surface area contributed by atoms with Gasteiger partial charge in [-0.15, -0.1) is 11.3 Å². The van der Waals surface area contributed by atoms with Crippen LogP contribution in [0.4, 0.5) is 5.69 Å². The van der Waals surface area contributed by atoms with Gasteiger partial charge in [0.15, 0.2) is 0 Å². The van der Waals surface area contributed by atoms with Gasteiger partial charge < -0.3 is 14.2 Å². The van der Waals surface area contributed by atoms with Crippen molar-refractivity contribution in [1.82, 2.24) is 4.98 Å². The lowest BCUT2D eigenvalue weighted by Gasteiger charge is -2.06. The lowest BCUT2D eigenvalue weighted by Crippen LogP contribution is -2.12. The third kappa shape index (κ3) is 5.52. The average Bonchev–Trinajstić information content (AvgIpc) is 3.14. The van der Waals surface area contributed by atoms with E-state index in [1.54, 1.807) is 5.38 Å². The van der Waals surface area contributed by atoms with Crippen LogP contribution in [-0.4, -0.2) is 23.0 Å². The summed E-state index contributed by atoms with van der Waals surface area (Å²) >= 11 is 1.36. The van der Waals surface area contributed by atoms with E-state index in [9.17, 15) is 14.9 Å². The lowest BCUT2D eigenvalue weighted by atomic mass is 10.2. The molecule has 29 heavy (non-hydrogen) atoms. The van der Waals surface area contributed by atoms with Crippen LogP contribution < -0.4 is 14.2 Å². The number of nitrogens with zero attached hydrogens (tertiary/aromatic N) is 2. The summed E-state index contributed by atoms with van der Waals surface area (Å²) in [5.41, 5.74) is 1.31. The topological polar surface area (TPSA) is 101 Å². The van der Waals surface area contributed by atoms with Gasteiger partial charge in [-0.3, -0.25) is 14.9 Å². The van der Waals surface area contributed by atoms with Crippen LogP contribution in [0.25, 0.3) is 0 Å². The summed E-state index contributed by atoms with van der Waals surface area (Å²) in [6.07, 6.45) is -0.107. The minimum Gasteiger partial charge on any atom is -0.496 e. The molecule has 1 aromatic heterocycles. The number of hydrogen-bond acceptors (Lipinski definition) is 8. The molecule has 0 spiro atoms. The summed E-state index contributed by atoms with van der Waals surface area (Å²) in [7, 11) is 1.40. The highest BCUT2D eigenvalue weighted by Gasteiger charge is 2.20. The van der Waals surface area contributed by atoms with Gasteiger partial charge in [0, 0.05) is 5.38 Å². The molecular weight excluding hydrogens is 396 g/mol. The number of ether oxygens (including phenoxy) is 3. The van der Waals surface area contributed by atoms with Crippen molar-refractivity contribution in [2.24, 2.45) is 0 Å². The summed E-state index contributed by atoms with van der Waals surface area (Å²) in [4.78, 5) is 27.1. The number of methoxy groups -OCH3 is 1. The second-order valence-electron chi connectivity index (χ2n) is 6.08. The first-order chi connectivity index (χ1) is 13.9. The number of nitro benzene ring substituents is 1. The molecule has 0 bridgehead atoms. The predicted octanol–water partition coefficient (Wildman–Crippen LogP) is 4.10. The molecular formula is C20H18N2O6S. The van der Waals surface area contributed by atoms with E-state index in [2.05, 4.69) is 4.98 Å². The normalized spacial score (nSPS) is 10.4. The molecule has 3 aromatic rings. The van der Waals surface area contributed by atoms with Crippen LogP contribution in [0.2, 0.25) is 0 Å². The Balaban J connectivity index is 1.59. The number of carbonyl (C=O) groups excluding carboxylic acids is 1. The minimum absolute atomic E-state index is 0.107. The Hall–Kier alpha value is -3.46. The summed E-state index contributed by atoms with van der Waals surface area (Å²) in [6.45, 7) is 2.28. The van der Waals surface area contributed by atoms with Gasteiger partial charge in [-0.25, -0.2) is 4.98 Å². The molecule has 0 amide bonds. The molecule has 0 atom stereocenters. The molecule has 0 aliphatic heterocycles. The van der Waals surface area contributed by atoms with Crippen LogP contribution in [0.3, 0.4) is 0 Å². The first kappa shape index (κ1) is 20.3. The monoisotopic (exact) mass is 414 g/mol.